The fourth-order valence-corrected chi connectivity index (χ4v) is 2.04. The van der Waals surface area contributed by atoms with Crippen LogP contribution in [0.5, 0.6) is 5.75 Å². The van der Waals surface area contributed by atoms with E-state index in [4.69, 9.17) is 13.9 Å². The molecule has 0 aromatic carbocycles. The lowest BCUT2D eigenvalue weighted by atomic mass is 10.4. The summed E-state index contributed by atoms with van der Waals surface area (Å²) in [5.74, 6) is 1.90. The number of rotatable bonds is 5. The van der Waals surface area contributed by atoms with Gasteiger partial charge in [-0.25, -0.2) is 9.97 Å². The van der Waals surface area contributed by atoms with Gasteiger partial charge in [0.2, 0.25) is 0 Å². The zero-order valence-electron chi connectivity index (χ0n) is 11.2. The number of hydrogen-bond donors (Lipinski definition) is 0. The second-order valence-corrected chi connectivity index (χ2v) is 4.52. The molecule has 0 aliphatic carbocycles. The van der Waals surface area contributed by atoms with Crippen LogP contribution in [0.3, 0.4) is 0 Å². The number of hydrogen-bond acceptors (Lipinski definition) is 6. The first-order chi connectivity index (χ1) is 9.92. The Morgan fingerprint density at radius 2 is 2.00 bits per heavy atom. The molecular formula is C14H17N3O3. The van der Waals surface area contributed by atoms with Gasteiger partial charge in [-0.15, -0.1) is 0 Å². The summed E-state index contributed by atoms with van der Waals surface area (Å²) in [5, 5.41) is 0. The number of furan rings is 1. The SMILES string of the molecule is c1coc(-c2ncc(OCCN3CCOCC3)cn2)c1. The smallest absolute Gasteiger partial charge is 0.195 e. The van der Waals surface area contributed by atoms with Crippen molar-refractivity contribution < 1.29 is 13.9 Å². The van der Waals surface area contributed by atoms with Crippen molar-refractivity contribution in [3.8, 4) is 17.3 Å². The topological polar surface area (TPSA) is 60.6 Å². The van der Waals surface area contributed by atoms with Gasteiger partial charge in [0.15, 0.2) is 17.3 Å². The molecule has 106 valence electrons. The van der Waals surface area contributed by atoms with Crippen LogP contribution in [-0.2, 0) is 4.74 Å². The molecule has 0 amide bonds. The average molecular weight is 275 g/mol. The maximum atomic E-state index is 5.64. The molecule has 0 bridgehead atoms. The second-order valence-electron chi connectivity index (χ2n) is 4.52. The Bertz CT molecular complexity index is 507. The number of morpholine rings is 1. The Morgan fingerprint density at radius 1 is 1.20 bits per heavy atom. The van der Waals surface area contributed by atoms with Crippen molar-refractivity contribution >= 4 is 0 Å². The summed E-state index contributed by atoms with van der Waals surface area (Å²) < 4.78 is 16.2. The molecule has 2 aromatic rings. The first-order valence-electron chi connectivity index (χ1n) is 6.70. The fraction of sp³-hybridized carbons (Fsp3) is 0.429. The lowest BCUT2D eigenvalue weighted by Crippen LogP contribution is -2.38. The molecule has 6 nitrogen and oxygen atoms in total. The molecule has 1 aliphatic rings. The van der Waals surface area contributed by atoms with Crippen molar-refractivity contribution in [2.45, 2.75) is 0 Å². The molecule has 2 aromatic heterocycles. The predicted octanol–water partition coefficient (Wildman–Crippen LogP) is 1.45. The van der Waals surface area contributed by atoms with Gasteiger partial charge in [0.1, 0.15) is 6.61 Å². The van der Waals surface area contributed by atoms with E-state index in [0.717, 1.165) is 32.8 Å². The van der Waals surface area contributed by atoms with Gasteiger partial charge < -0.3 is 13.9 Å². The quantitative estimate of drug-likeness (QED) is 0.823. The lowest BCUT2D eigenvalue weighted by Gasteiger charge is -2.26. The van der Waals surface area contributed by atoms with Gasteiger partial charge in [-0.05, 0) is 12.1 Å². The first kappa shape index (κ1) is 13.1. The van der Waals surface area contributed by atoms with E-state index in [1.54, 1.807) is 18.7 Å². The molecular weight excluding hydrogens is 258 g/mol. The van der Waals surface area contributed by atoms with Crippen LogP contribution in [0.25, 0.3) is 11.6 Å². The minimum atomic E-state index is 0.565. The fourth-order valence-electron chi connectivity index (χ4n) is 2.04. The zero-order valence-corrected chi connectivity index (χ0v) is 11.2. The van der Waals surface area contributed by atoms with E-state index in [1.165, 1.54) is 0 Å². The lowest BCUT2D eigenvalue weighted by molar-refractivity contribution is 0.0322. The monoisotopic (exact) mass is 275 g/mol. The van der Waals surface area contributed by atoms with Gasteiger partial charge >= 0.3 is 0 Å². The Labute approximate surface area is 117 Å². The molecule has 3 heterocycles. The summed E-state index contributed by atoms with van der Waals surface area (Å²) in [7, 11) is 0. The van der Waals surface area contributed by atoms with Crippen molar-refractivity contribution in [3.05, 3.63) is 30.8 Å². The van der Waals surface area contributed by atoms with Crippen LogP contribution in [0.2, 0.25) is 0 Å². The molecule has 3 rings (SSSR count). The summed E-state index contributed by atoms with van der Waals surface area (Å²) in [6.07, 6.45) is 4.94. The van der Waals surface area contributed by atoms with E-state index >= 15 is 0 Å². The van der Waals surface area contributed by atoms with E-state index in [2.05, 4.69) is 14.9 Å². The van der Waals surface area contributed by atoms with Crippen LogP contribution in [0.15, 0.2) is 35.2 Å². The highest BCUT2D eigenvalue weighted by Crippen LogP contribution is 2.16. The van der Waals surface area contributed by atoms with E-state index in [9.17, 15) is 0 Å². The number of nitrogens with zero attached hydrogens (tertiary/aromatic N) is 3. The van der Waals surface area contributed by atoms with E-state index in [0.29, 0.717) is 23.9 Å². The normalized spacial score (nSPS) is 16.2. The molecule has 0 N–H and O–H groups in total. The molecule has 1 saturated heterocycles. The first-order valence-corrected chi connectivity index (χ1v) is 6.70. The zero-order chi connectivity index (χ0) is 13.6. The van der Waals surface area contributed by atoms with Gasteiger partial charge in [0.25, 0.3) is 0 Å². The Balaban J connectivity index is 1.48. The molecule has 0 unspecified atom stereocenters. The maximum absolute atomic E-state index is 5.64. The number of aromatic nitrogens is 2. The third-order valence-electron chi connectivity index (χ3n) is 3.15. The molecule has 0 radical (unpaired) electrons. The van der Waals surface area contributed by atoms with Gasteiger partial charge in [-0.3, -0.25) is 4.90 Å². The van der Waals surface area contributed by atoms with Crippen molar-refractivity contribution in [1.82, 2.24) is 14.9 Å². The Hall–Kier alpha value is -1.92. The van der Waals surface area contributed by atoms with Crippen LogP contribution < -0.4 is 4.74 Å². The molecule has 0 atom stereocenters. The van der Waals surface area contributed by atoms with Crippen LogP contribution in [0.1, 0.15) is 0 Å². The average Bonchev–Trinajstić information content (AvgIpc) is 3.03. The molecule has 1 fully saturated rings. The van der Waals surface area contributed by atoms with Crippen LogP contribution in [-0.4, -0.2) is 54.3 Å². The van der Waals surface area contributed by atoms with E-state index < -0.39 is 0 Å². The summed E-state index contributed by atoms with van der Waals surface area (Å²) >= 11 is 0. The van der Waals surface area contributed by atoms with Crippen molar-refractivity contribution in [3.63, 3.8) is 0 Å². The predicted molar refractivity (Wildman–Crippen MR) is 72.5 cm³/mol. The van der Waals surface area contributed by atoms with Gasteiger partial charge in [-0.1, -0.05) is 0 Å². The standard InChI is InChI=1S/C14H17N3O3/c1-2-13(20-6-1)14-15-10-12(11-16-14)19-9-5-17-3-7-18-8-4-17/h1-2,6,10-11H,3-5,7-9H2. The summed E-state index contributed by atoms with van der Waals surface area (Å²) in [6.45, 7) is 5.07. The summed E-state index contributed by atoms with van der Waals surface area (Å²) in [6, 6.07) is 3.64. The number of ether oxygens (including phenoxy) is 2. The highest BCUT2D eigenvalue weighted by Gasteiger charge is 2.10. The van der Waals surface area contributed by atoms with Gasteiger partial charge in [0, 0.05) is 19.6 Å². The Morgan fingerprint density at radius 3 is 2.70 bits per heavy atom. The minimum absolute atomic E-state index is 0.565. The van der Waals surface area contributed by atoms with Crippen LogP contribution >= 0.6 is 0 Å². The largest absolute Gasteiger partial charge is 0.489 e. The van der Waals surface area contributed by atoms with Crippen LogP contribution in [0, 0.1) is 0 Å². The Kier molecular flexibility index (Phi) is 4.25. The summed E-state index contributed by atoms with van der Waals surface area (Å²) in [5.41, 5.74) is 0. The van der Waals surface area contributed by atoms with Crippen LogP contribution in [0.4, 0.5) is 0 Å². The van der Waals surface area contributed by atoms with Crippen molar-refractivity contribution in [2.75, 3.05) is 39.5 Å². The maximum Gasteiger partial charge on any atom is 0.195 e. The molecule has 20 heavy (non-hydrogen) atoms. The minimum Gasteiger partial charge on any atom is -0.489 e. The highest BCUT2D eigenvalue weighted by molar-refractivity contribution is 5.45. The van der Waals surface area contributed by atoms with Gasteiger partial charge in [-0.2, -0.15) is 0 Å². The molecule has 0 spiro atoms. The highest BCUT2D eigenvalue weighted by atomic mass is 16.5. The third kappa shape index (κ3) is 3.34. The molecule has 6 heteroatoms. The second kappa shape index (κ2) is 6.49. The summed E-state index contributed by atoms with van der Waals surface area (Å²) in [4.78, 5) is 10.8. The van der Waals surface area contributed by atoms with Crippen molar-refractivity contribution in [1.29, 1.82) is 0 Å². The van der Waals surface area contributed by atoms with E-state index in [-0.39, 0.29) is 0 Å². The molecule has 0 saturated carbocycles. The van der Waals surface area contributed by atoms with Gasteiger partial charge in [0.05, 0.1) is 31.9 Å². The third-order valence-corrected chi connectivity index (χ3v) is 3.15. The van der Waals surface area contributed by atoms with Crippen molar-refractivity contribution in [2.24, 2.45) is 0 Å². The molecule has 1 aliphatic heterocycles. The van der Waals surface area contributed by atoms with E-state index in [1.807, 2.05) is 12.1 Å².